The first-order valence-corrected chi connectivity index (χ1v) is 6.34. The molecule has 0 saturated carbocycles. The highest BCUT2D eigenvalue weighted by Crippen LogP contribution is 2.32. The molecule has 3 aromatic rings. The molecule has 0 aliphatic heterocycles. The number of rotatable bonds is 2. The minimum absolute atomic E-state index is 0.122. The van der Waals surface area contributed by atoms with Crippen molar-refractivity contribution in [2.24, 2.45) is 0 Å². The third-order valence-electron chi connectivity index (χ3n) is 2.85. The van der Waals surface area contributed by atoms with Gasteiger partial charge in [0.15, 0.2) is 5.76 Å². The van der Waals surface area contributed by atoms with Crippen LogP contribution < -0.4 is 0 Å². The van der Waals surface area contributed by atoms with E-state index in [-0.39, 0.29) is 5.69 Å². The summed E-state index contributed by atoms with van der Waals surface area (Å²) in [7, 11) is 0. The first kappa shape index (κ1) is 11.9. The van der Waals surface area contributed by atoms with E-state index in [4.69, 9.17) is 9.63 Å². The highest BCUT2D eigenvalue weighted by atomic mass is 79.9. The van der Waals surface area contributed by atoms with Crippen LogP contribution in [0.3, 0.4) is 0 Å². The topological polar surface area (TPSA) is 63.3 Å². The molecule has 0 aliphatic carbocycles. The molecule has 2 aromatic carbocycles. The van der Waals surface area contributed by atoms with Crippen LogP contribution in [0.1, 0.15) is 10.5 Å². The molecule has 3 rings (SSSR count). The monoisotopic (exact) mass is 317 g/mol. The van der Waals surface area contributed by atoms with Crippen molar-refractivity contribution in [1.29, 1.82) is 0 Å². The van der Waals surface area contributed by atoms with Crippen molar-refractivity contribution >= 4 is 32.7 Å². The molecule has 0 radical (unpaired) electrons. The minimum atomic E-state index is -1.12. The molecule has 0 spiro atoms. The van der Waals surface area contributed by atoms with Crippen molar-refractivity contribution in [1.82, 2.24) is 5.16 Å². The summed E-state index contributed by atoms with van der Waals surface area (Å²) in [5.41, 5.74) is 0.661. The molecule has 1 aromatic heterocycles. The summed E-state index contributed by atoms with van der Waals surface area (Å²) < 4.78 is 5.47. The van der Waals surface area contributed by atoms with Crippen molar-refractivity contribution in [2.75, 3.05) is 0 Å². The third kappa shape index (κ3) is 2.02. The van der Waals surface area contributed by atoms with Gasteiger partial charge in [-0.3, -0.25) is 0 Å². The maximum atomic E-state index is 10.9. The van der Waals surface area contributed by atoms with Gasteiger partial charge in [0.05, 0.1) is 0 Å². The molecular weight excluding hydrogens is 310 g/mol. The van der Waals surface area contributed by atoms with Gasteiger partial charge in [-0.2, -0.15) is 0 Å². The highest BCUT2D eigenvalue weighted by Gasteiger charge is 2.20. The quantitative estimate of drug-likeness (QED) is 0.777. The largest absolute Gasteiger partial charge is 0.476 e. The van der Waals surface area contributed by atoms with Crippen molar-refractivity contribution in [3.8, 4) is 11.3 Å². The maximum Gasteiger partial charge on any atom is 0.359 e. The minimum Gasteiger partial charge on any atom is -0.476 e. The zero-order chi connectivity index (χ0) is 13.4. The number of hydrogen-bond donors (Lipinski definition) is 1. The Kier molecular flexibility index (Phi) is 2.83. The van der Waals surface area contributed by atoms with E-state index in [9.17, 15) is 4.79 Å². The standard InChI is InChI=1S/C14H8BrNO3/c15-11-12(14(17)18)16-19-13(11)10-6-5-8-3-1-2-4-9(8)7-10/h1-7H,(H,17,18). The van der Waals surface area contributed by atoms with Crippen LogP contribution in [0.25, 0.3) is 22.1 Å². The van der Waals surface area contributed by atoms with Crippen LogP contribution in [-0.4, -0.2) is 16.2 Å². The molecule has 0 unspecified atom stereocenters. The van der Waals surface area contributed by atoms with Crippen LogP contribution in [0.2, 0.25) is 0 Å². The number of carboxylic acids is 1. The number of hydrogen-bond acceptors (Lipinski definition) is 3. The summed E-state index contributed by atoms with van der Waals surface area (Å²) in [5.74, 6) is -0.703. The molecule has 0 aliphatic rings. The summed E-state index contributed by atoms with van der Waals surface area (Å²) in [6, 6.07) is 13.7. The molecule has 19 heavy (non-hydrogen) atoms. The Bertz CT molecular complexity index is 779. The number of halogens is 1. The smallest absolute Gasteiger partial charge is 0.359 e. The molecule has 0 saturated heterocycles. The Morgan fingerprint density at radius 1 is 1.16 bits per heavy atom. The SMILES string of the molecule is O=C(O)c1noc(-c2ccc3ccccc3c2)c1Br. The zero-order valence-corrected chi connectivity index (χ0v) is 11.2. The van der Waals surface area contributed by atoms with Gasteiger partial charge in [0.2, 0.25) is 5.69 Å². The van der Waals surface area contributed by atoms with E-state index in [1.807, 2.05) is 42.5 Å². The molecule has 1 N–H and O–H groups in total. The zero-order valence-electron chi connectivity index (χ0n) is 9.63. The number of aromatic nitrogens is 1. The van der Waals surface area contributed by atoms with E-state index in [0.29, 0.717) is 10.2 Å². The molecule has 0 amide bonds. The van der Waals surface area contributed by atoms with Crippen LogP contribution in [0.5, 0.6) is 0 Å². The molecular formula is C14H8BrNO3. The van der Waals surface area contributed by atoms with Crippen LogP contribution in [-0.2, 0) is 0 Å². The number of benzene rings is 2. The average Bonchev–Trinajstić information content (AvgIpc) is 2.80. The number of nitrogens with zero attached hydrogens (tertiary/aromatic N) is 1. The summed E-state index contributed by atoms with van der Waals surface area (Å²) in [4.78, 5) is 10.9. The van der Waals surface area contributed by atoms with E-state index in [0.717, 1.165) is 16.3 Å². The van der Waals surface area contributed by atoms with Gasteiger partial charge in [-0.15, -0.1) is 0 Å². The van der Waals surface area contributed by atoms with E-state index >= 15 is 0 Å². The molecule has 4 nitrogen and oxygen atoms in total. The molecule has 94 valence electrons. The van der Waals surface area contributed by atoms with Gasteiger partial charge < -0.3 is 9.63 Å². The lowest BCUT2D eigenvalue weighted by Gasteiger charge is -2.00. The van der Waals surface area contributed by atoms with E-state index in [1.54, 1.807) is 0 Å². The Labute approximate surface area is 116 Å². The van der Waals surface area contributed by atoms with E-state index in [1.165, 1.54) is 0 Å². The van der Waals surface area contributed by atoms with Crippen molar-refractivity contribution in [3.63, 3.8) is 0 Å². The number of carboxylic acid groups (broad SMARTS) is 1. The van der Waals surface area contributed by atoms with Gasteiger partial charge >= 0.3 is 5.97 Å². The van der Waals surface area contributed by atoms with Gasteiger partial charge in [-0.25, -0.2) is 4.79 Å². The third-order valence-corrected chi connectivity index (χ3v) is 3.59. The van der Waals surface area contributed by atoms with E-state index < -0.39 is 5.97 Å². The van der Waals surface area contributed by atoms with Gasteiger partial charge in [-0.1, -0.05) is 41.6 Å². The van der Waals surface area contributed by atoms with Crippen LogP contribution in [0.15, 0.2) is 51.5 Å². The molecule has 0 atom stereocenters. The van der Waals surface area contributed by atoms with Crippen molar-refractivity contribution < 1.29 is 14.4 Å². The molecule has 0 bridgehead atoms. The average molecular weight is 318 g/mol. The fourth-order valence-electron chi connectivity index (χ4n) is 1.92. The first-order valence-electron chi connectivity index (χ1n) is 5.54. The van der Waals surface area contributed by atoms with Crippen LogP contribution in [0, 0.1) is 0 Å². The second kappa shape index (κ2) is 4.51. The van der Waals surface area contributed by atoms with E-state index in [2.05, 4.69) is 21.1 Å². The second-order valence-corrected chi connectivity index (χ2v) is 4.83. The fourth-order valence-corrected chi connectivity index (χ4v) is 2.47. The van der Waals surface area contributed by atoms with Crippen LogP contribution >= 0.6 is 15.9 Å². The number of carbonyl (C=O) groups is 1. The van der Waals surface area contributed by atoms with Gasteiger partial charge in [0.25, 0.3) is 0 Å². The lowest BCUT2D eigenvalue weighted by molar-refractivity contribution is 0.0685. The van der Waals surface area contributed by atoms with Gasteiger partial charge in [0.1, 0.15) is 4.47 Å². The Morgan fingerprint density at radius 3 is 2.58 bits per heavy atom. The summed E-state index contributed by atoms with van der Waals surface area (Å²) in [5, 5.41) is 14.7. The van der Waals surface area contributed by atoms with Crippen molar-refractivity contribution in [2.45, 2.75) is 0 Å². The van der Waals surface area contributed by atoms with Crippen molar-refractivity contribution in [3.05, 3.63) is 52.6 Å². The molecule has 5 heteroatoms. The Morgan fingerprint density at radius 2 is 1.89 bits per heavy atom. The fraction of sp³-hybridized carbons (Fsp3) is 0. The summed E-state index contributed by atoms with van der Waals surface area (Å²) in [6.45, 7) is 0. The molecule has 1 heterocycles. The first-order chi connectivity index (χ1) is 9.16. The number of aromatic carboxylic acids is 1. The number of fused-ring (bicyclic) bond motifs is 1. The van der Waals surface area contributed by atoms with Crippen LogP contribution in [0.4, 0.5) is 0 Å². The Balaban J connectivity index is 2.16. The second-order valence-electron chi connectivity index (χ2n) is 4.04. The predicted octanol–water partition coefficient (Wildman–Crippen LogP) is 3.96. The Hall–Kier alpha value is -2.14. The van der Waals surface area contributed by atoms with Gasteiger partial charge in [0, 0.05) is 5.56 Å². The summed E-state index contributed by atoms with van der Waals surface area (Å²) >= 11 is 3.22. The normalized spacial score (nSPS) is 10.8. The lowest BCUT2D eigenvalue weighted by Crippen LogP contribution is -1.96. The molecule has 0 fully saturated rings. The van der Waals surface area contributed by atoms with Gasteiger partial charge in [-0.05, 0) is 32.8 Å². The summed E-state index contributed by atoms with van der Waals surface area (Å²) in [6.07, 6.45) is 0. The lowest BCUT2D eigenvalue weighted by atomic mass is 10.1. The highest BCUT2D eigenvalue weighted by molar-refractivity contribution is 9.10. The maximum absolute atomic E-state index is 10.9. The predicted molar refractivity (Wildman–Crippen MR) is 74.1 cm³/mol.